The molecule has 1 saturated heterocycles. The lowest BCUT2D eigenvalue weighted by molar-refractivity contribution is 0.0740. The Bertz CT molecular complexity index is 1120. The molecule has 1 aliphatic heterocycles. The largest absolute Gasteiger partial charge is 0.497 e. The Labute approximate surface area is 176 Å². The zero-order chi connectivity index (χ0) is 19.8. The van der Waals surface area contributed by atoms with Gasteiger partial charge in [-0.15, -0.1) is 22.7 Å². The quantitative estimate of drug-likeness (QED) is 0.495. The first-order valence-electron chi connectivity index (χ1n) is 9.41. The molecule has 0 saturated carbocycles. The first-order valence-corrected chi connectivity index (χ1v) is 11.2. The average Bonchev–Trinajstić information content (AvgIpc) is 3.50. The number of ether oxygens (including phenoxy) is 1. The molecule has 0 unspecified atom stereocenters. The fourth-order valence-electron chi connectivity index (χ4n) is 3.60. The van der Waals surface area contributed by atoms with Gasteiger partial charge in [-0.05, 0) is 35.7 Å². The first kappa shape index (κ1) is 18.2. The van der Waals surface area contributed by atoms with Crippen molar-refractivity contribution in [2.45, 2.75) is 0 Å². The summed E-state index contributed by atoms with van der Waals surface area (Å²) < 4.78 is 7.16. The van der Waals surface area contributed by atoms with E-state index in [4.69, 9.17) is 4.74 Å². The maximum atomic E-state index is 13.1. The van der Waals surface area contributed by atoms with E-state index in [1.54, 1.807) is 18.4 Å². The summed E-state index contributed by atoms with van der Waals surface area (Å²) in [5, 5.41) is 3.95. The van der Waals surface area contributed by atoms with Crippen molar-refractivity contribution >= 4 is 39.2 Å². The van der Waals surface area contributed by atoms with E-state index in [9.17, 15) is 4.79 Å². The molecule has 148 valence electrons. The molecule has 1 amide bonds. The number of aromatic nitrogens is 2. The molecule has 0 spiro atoms. The van der Waals surface area contributed by atoms with Gasteiger partial charge in [0.15, 0.2) is 4.96 Å². The summed E-state index contributed by atoms with van der Waals surface area (Å²) >= 11 is 3.17. The third-order valence-electron chi connectivity index (χ3n) is 5.21. The van der Waals surface area contributed by atoms with Crippen molar-refractivity contribution in [3.05, 3.63) is 59.0 Å². The van der Waals surface area contributed by atoms with Crippen LogP contribution in [0.2, 0.25) is 0 Å². The maximum absolute atomic E-state index is 13.1. The lowest BCUT2D eigenvalue weighted by Gasteiger charge is -2.36. The third-order valence-corrected chi connectivity index (χ3v) is 6.94. The van der Waals surface area contributed by atoms with Crippen molar-refractivity contribution in [1.29, 1.82) is 0 Å². The highest BCUT2D eigenvalue weighted by Crippen LogP contribution is 2.28. The minimum absolute atomic E-state index is 0.0701. The number of fused-ring (bicyclic) bond motifs is 1. The Balaban J connectivity index is 1.30. The molecule has 0 N–H and O–H groups in total. The van der Waals surface area contributed by atoms with Gasteiger partial charge in [-0.1, -0.05) is 6.07 Å². The molecule has 29 heavy (non-hydrogen) atoms. The number of carbonyl (C=O) groups is 1. The number of thiazole rings is 1. The second-order valence-corrected chi connectivity index (χ2v) is 8.64. The molecule has 5 rings (SSSR count). The lowest BCUT2D eigenvalue weighted by Crippen LogP contribution is -2.49. The summed E-state index contributed by atoms with van der Waals surface area (Å²) in [6.45, 7) is 3.04. The Morgan fingerprint density at radius 1 is 1.07 bits per heavy atom. The summed E-state index contributed by atoms with van der Waals surface area (Å²) in [5.41, 5.74) is 2.77. The van der Waals surface area contributed by atoms with E-state index in [0.29, 0.717) is 18.8 Å². The summed E-state index contributed by atoms with van der Waals surface area (Å²) in [4.78, 5) is 24.0. The number of benzene rings is 1. The van der Waals surface area contributed by atoms with Crippen LogP contribution in [0.5, 0.6) is 5.75 Å². The van der Waals surface area contributed by atoms with Crippen molar-refractivity contribution in [3.8, 4) is 16.3 Å². The molecule has 6 nitrogen and oxygen atoms in total. The normalized spacial score (nSPS) is 14.5. The van der Waals surface area contributed by atoms with Crippen molar-refractivity contribution in [3.63, 3.8) is 0 Å². The number of carbonyl (C=O) groups excluding carboxylic acids is 1. The van der Waals surface area contributed by atoms with E-state index in [1.807, 2.05) is 44.5 Å². The molecule has 3 aromatic heterocycles. The number of hydrogen-bond donors (Lipinski definition) is 0. The molecule has 0 atom stereocenters. The Morgan fingerprint density at radius 3 is 2.55 bits per heavy atom. The SMILES string of the molecule is COc1ccc(N2CCN(C(=O)c3csc4nc(-c5cccs5)cn34)CC2)cc1. The van der Waals surface area contributed by atoms with Crippen LogP contribution in [0.4, 0.5) is 5.69 Å². The van der Waals surface area contributed by atoms with E-state index in [2.05, 4.69) is 28.1 Å². The monoisotopic (exact) mass is 424 g/mol. The van der Waals surface area contributed by atoms with E-state index >= 15 is 0 Å². The highest BCUT2D eigenvalue weighted by molar-refractivity contribution is 7.15. The van der Waals surface area contributed by atoms with Gasteiger partial charge in [0.05, 0.1) is 12.0 Å². The Hall–Kier alpha value is -2.84. The van der Waals surface area contributed by atoms with Crippen LogP contribution in [0.3, 0.4) is 0 Å². The lowest BCUT2D eigenvalue weighted by atomic mass is 10.2. The van der Waals surface area contributed by atoms with Crippen molar-refractivity contribution < 1.29 is 9.53 Å². The molecule has 0 bridgehead atoms. The minimum Gasteiger partial charge on any atom is -0.497 e. The number of rotatable bonds is 4. The number of piperazine rings is 1. The zero-order valence-electron chi connectivity index (χ0n) is 15.9. The fourth-order valence-corrected chi connectivity index (χ4v) is 5.13. The third kappa shape index (κ3) is 3.38. The molecule has 1 fully saturated rings. The van der Waals surface area contributed by atoms with Gasteiger partial charge in [-0.25, -0.2) is 4.98 Å². The molecule has 1 aromatic carbocycles. The summed E-state index contributed by atoms with van der Waals surface area (Å²) in [6, 6.07) is 12.1. The number of methoxy groups -OCH3 is 1. The summed E-state index contributed by atoms with van der Waals surface area (Å²) in [5.74, 6) is 0.923. The van der Waals surface area contributed by atoms with E-state index in [-0.39, 0.29) is 5.91 Å². The van der Waals surface area contributed by atoms with Gasteiger partial charge in [0, 0.05) is 43.4 Å². The van der Waals surface area contributed by atoms with Gasteiger partial charge in [0.25, 0.3) is 5.91 Å². The summed E-state index contributed by atoms with van der Waals surface area (Å²) in [7, 11) is 1.67. The van der Waals surface area contributed by atoms with E-state index in [1.165, 1.54) is 11.3 Å². The van der Waals surface area contributed by atoms with E-state index in [0.717, 1.165) is 40.1 Å². The highest BCUT2D eigenvalue weighted by atomic mass is 32.1. The molecule has 0 aliphatic carbocycles. The van der Waals surface area contributed by atoms with Gasteiger partial charge < -0.3 is 14.5 Å². The fraction of sp³-hybridized carbons (Fsp3) is 0.238. The molecule has 8 heteroatoms. The van der Waals surface area contributed by atoms with Crippen LogP contribution in [0.15, 0.2) is 53.4 Å². The molecule has 1 aliphatic rings. The van der Waals surface area contributed by atoms with E-state index < -0.39 is 0 Å². The maximum Gasteiger partial charge on any atom is 0.271 e. The van der Waals surface area contributed by atoms with Gasteiger partial charge in [-0.3, -0.25) is 9.20 Å². The molecular formula is C21H20N4O2S2. The second-order valence-electron chi connectivity index (χ2n) is 6.85. The van der Waals surface area contributed by atoms with Crippen molar-refractivity contribution in [2.75, 3.05) is 38.2 Å². The predicted molar refractivity (Wildman–Crippen MR) is 117 cm³/mol. The average molecular weight is 425 g/mol. The second kappa shape index (κ2) is 7.53. The van der Waals surface area contributed by atoms with Crippen LogP contribution >= 0.6 is 22.7 Å². The van der Waals surface area contributed by atoms with Crippen LogP contribution in [0.25, 0.3) is 15.5 Å². The van der Waals surface area contributed by atoms with Gasteiger partial charge >= 0.3 is 0 Å². The molecule has 4 aromatic rings. The van der Waals surface area contributed by atoms with Gasteiger partial charge in [0.1, 0.15) is 17.1 Å². The number of hydrogen-bond acceptors (Lipinski definition) is 6. The van der Waals surface area contributed by atoms with Crippen molar-refractivity contribution in [2.24, 2.45) is 0 Å². The first-order chi connectivity index (χ1) is 14.2. The number of anilines is 1. The van der Waals surface area contributed by atoms with Crippen LogP contribution < -0.4 is 9.64 Å². The van der Waals surface area contributed by atoms with Crippen LogP contribution in [-0.2, 0) is 0 Å². The molecule has 4 heterocycles. The Morgan fingerprint density at radius 2 is 1.86 bits per heavy atom. The Kier molecular flexibility index (Phi) is 4.73. The van der Waals surface area contributed by atoms with Crippen molar-refractivity contribution in [1.82, 2.24) is 14.3 Å². The standard InChI is InChI=1S/C21H20N4O2S2/c1-27-16-6-4-15(5-7-16)23-8-10-24(11-9-23)20(26)18-14-29-21-22-17(13-25(18)21)19-3-2-12-28-19/h2-7,12-14H,8-11H2,1H3. The number of nitrogens with zero attached hydrogens (tertiary/aromatic N) is 4. The number of imidazole rings is 1. The van der Waals surface area contributed by atoms with Crippen LogP contribution in [0, 0.1) is 0 Å². The van der Waals surface area contributed by atoms with Crippen LogP contribution in [-0.4, -0.2) is 53.5 Å². The molecular weight excluding hydrogens is 404 g/mol. The topological polar surface area (TPSA) is 50.1 Å². The number of thiophene rings is 1. The zero-order valence-corrected chi connectivity index (χ0v) is 17.6. The van der Waals surface area contributed by atoms with Crippen LogP contribution in [0.1, 0.15) is 10.5 Å². The summed E-state index contributed by atoms with van der Waals surface area (Å²) in [6.07, 6.45) is 1.97. The van der Waals surface area contributed by atoms with Gasteiger partial charge in [0.2, 0.25) is 0 Å². The highest BCUT2D eigenvalue weighted by Gasteiger charge is 2.25. The number of amides is 1. The van der Waals surface area contributed by atoms with Gasteiger partial charge in [-0.2, -0.15) is 0 Å². The smallest absolute Gasteiger partial charge is 0.271 e. The molecule has 0 radical (unpaired) electrons. The minimum atomic E-state index is 0.0701. The predicted octanol–water partition coefficient (Wildman–Crippen LogP) is 4.10.